The zero-order chi connectivity index (χ0) is 6.24. The maximum atomic E-state index is 6.50. The fraction of sp³-hybridized carbons (Fsp3) is 0.833. The molecule has 0 atom stereocenters. The Kier molecular flexibility index (Phi) is 6.01. The Morgan fingerprint density at radius 2 is 1.50 bits per heavy atom. The van der Waals surface area contributed by atoms with Crippen molar-refractivity contribution in [3.8, 4) is 6.57 Å². The van der Waals surface area contributed by atoms with Crippen molar-refractivity contribution in [2.75, 3.05) is 13.1 Å². The normalized spacial score (nSPS) is 18.2. The highest BCUT2D eigenvalue weighted by atomic mass is 14.9. The van der Waals surface area contributed by atoms with E-state index >= 15 is 0 Å². The van der Waals surface area contributed by atoms with E-state index in [0.717, 1.165) is 0 Å². The first-order valence-corrected chi connectivity index (χ1v) is 2.97. The summed E-state index contributed by atoms with van der Waals surface area (Å²) in [7, 11) is 0. The number of nitrogens with one attached hydrogen (secondary N) is 1. The van der Waals surface area contributed by atoms with Crippen molar-refractivity contribution in [1.29, 1.82) is 5.26 Å². The van der Waals surface area contributed by atoms with E-state index in [1.54, 1.807) is 0 Å². The second kappa shape index (κ2) is 6.45. The monoisotopic (exact) mass is 112 g/mol. The van der Waals surface area contributed by atoms with Gasteiger partial charge < -0.3 is 5.32 Å². The molecule has 1 aliphatic heterocycles. The van der Waals surface area contributed by atoms with E-state index in [0.29, 0.717) is 0 Å². The number of hydrogen-bond acceptors (Lipinski definition) is 2. The fourth-order valence-electron chi connectivity index (χ4n) is 0.802. The lowest BCUT2D eigenvalue weighted by atomic mass is 10.2. The van der Waals surface area contributed by atoms with Crippen LogP contribution in [-0.4, -0.2) is 13.1 Å². The molecule has 8 heavy (non-hydrogen) atoms. The molecule has 2 nitrogen and oxygen atoms in total. The summed E-state index contributed by atoms with van der Waals surface area (Å²) in [5.74, 6) is 0. The van der Waals surface area contributed by atoms with Crippen LogP contribution in [-0.2, 0) is 0 Å². The molecule has 0 amide bonds. The molecule has 0 spiro atoms. The van der Waals surface area contributed by atoms with Crippen LogP contribution in [0.1, 0.15) is 19.3 Å². The van der Waals surface area contributed by atoms with Gasteiger partial charge in [0.25, 0.3) is 0 Å². The minimum atomic E-state index is 1.25. The van der Waals surface area contributed by atoms with Gasteiger partial charge in [-0.15, -0.1) is 0 Å². The molecule has 0 aromatic rings. The highest BCUT2D eigenvalue weighted by Crippen LogP contribution is 1.96. The van der Waals surface area contributed by atoms with Gasteiger partial charge in [-0.1, -0.05) is 6.42 Å². The highest BCUT2D eigenvalue weighted by molar-refractivity contribution is 4.55. The van der Waals surface area contributed by atoms with Crippen molar-refractivity contribution in [2.45, 2.75) is 19.3 Å². The molecule has 0 aromatic heterocycles. The van der Waals surface area contributed by atoms with Crippen molar-refractivity contribution in [2.24, 2.45) is 0 Å². The second-order valence-electron chi connectivity index (χ2n) is 1.81. The molecule has 0 unspecified atom stereocenters. The first-order chi connectivity index (χ1) is 4.00. The minimum Gasteiger partial charge on any atom is -0.317 e. The molecule has 1 aliphatic rings. The summed E-state index contributed by atoms with van der Waals surface area (Å²) < 4.78 is 0. The molecule has 1 fully saturated rings. The van der Waals surface area contributed by atoms with E-state index < -0.39 is 0 Å². The van der Waals surface area contributed by atoms with Gasteiger partial charge in [0.1, 0.15) is 0 Å². The maximum absolute atomic E-state index is 6.50. The minimum absolute atomic E-state index is 1.25. The molecule has 0 bridgehead atoms. The molecule has 0 aliphatic carbocycles. The summed E-state index contributed by atoms with van der Waals surface area (Å²) in [6.07, 6.45) is 4.22. The molecule has 2 heteroatoms. The molecular formula is C6H12N2. The lowest BCUT2D eigenvalue weighted by molar-refractivity contribution is 0.520. The van der Waals surface area contributed by atoms with Crippen LogP contribution in [0.15, 0.2) is 0 Å². The lowest BCUT2D eigenvalue weighted by Crippen LogP contribution is -2.21. The van der Waals surface area contributed by atoms with Gasteiger partial charge in [0.05, 0.1) is 0 Å². The standard InChI is InChI=1S/C5H11N.CHN/c1-2-4-6-5-3-1;1-2/h6H,1-5H2;1H. The predicted octanol–water partition coefficient (Wildman–Crippen LogP) is 0.900. The van der Waals surface area contributed by atoms with Gasteiger partial charge in [0, 0.05) is 6.57 Å². The Bertz CT molecular complexity index is 43.3. The summed E-state index contributed by atoms with van der Waals surface area (Å²) in [6.45, 7) is 6.00. The van der Waals surface area contributed by atoms with Crippen molar-refractivity contribution in [3.63, 3.8) is 0 Å². The topological polar surface area (TPSA) is 35.8 Å². The SMILES string of the molecule is C#N.C1CCNCC1. The van der Waals surface area contributed by atoms with Crippen LogP contribution < -0.4 is 5.32 Å². The molecule has 1 saturated heterocycles. The Balaban J connectivity index is 0.000000222. The number of nitrogens with zero attached hydrogens (tertiary/aromatic N) is 1. The van der Waals surface area contributed by atoms with Crippen LogP contribution in [0.5, 0.6) is 0 Å². The Labute approximate surface area is 50.5 Å². The number of piperidine rings is 1. The second-order valence-corrected chi connectivity index (χ2v) is 1.81. The van der Waals surface area contributed by atoms with E-state index in [1.165, 1.54) is 32.4 Å². The first kappa shape index (κ1) is 7.45. The molecule has 1 rings (SSSR count). The lowest BCUT2D eigenvalue weighted by Gasteiger charge is -2.08. The number of nitriles is 1. The first-order valence-electron chi connectivity index (χ1n) is 2.97. The van der Waals surface area contributed by atoms with E-state index in [2.05, 4.69) is 11.9 Å². The van der Waals surface area contributed by atoms with E-state index in [9.17, 15) is 0 Å². The van der Waals surface area contributed by atoms with Gasteiger partial charge in [0.15, 0.2) is 0 Å². The predicted molar refractivity (Wildman–Crippen MR) is 33.4 cm³/mol. The quantitative estimate of drug-likeness (QED) is 0.505. The summed E-state index contributed by atoms with van der Waals surface area (Å²) in [6, 6.07) is 0. The summed E-state index contributed by atoms with van der Waals surface area (Å²) in [5.41, 5.74) is 0. The van der Waals surface area contributed by atoms with Crippen molar-refractivity contribution < 1.29 is 0 Å². The largest absolute Gasteiger partial charge is 0.317 e. The maximum Gasteiger partial charge on any atom is 0.0462 e. The Morgan fingerprint density at radius 3 is 1.62 bits per heavy atom. The van der Waals surface area contributed by atoms with Crippen LogP contribution in [0.4, 0.5) is 0 Å². The average molecular weight is 112 g/mol. The zero-order valence-corrected chi connectivity index (χ0v) is 5.06. The average Bonchev–Trinajstić information content (AvgIpc) is 1.96. The molecular weight excluding hydrogens is 100 g/mol. The summed E-state index contributed by atoms with van der Waals surface area (Å²) >= 11 is 0. The van der Waals surface area contributed by atoms with Crippen molar-refractivity contribution >= 4 is 0 Å². The highest BCUT2D eigenvalue weighted by Gasteiger charge is 1.93. The molecule has 0 radical (unpaired) electrons. The Hall–Kier alpha value is -0.550. The molecule has 46 valence electrons. The van der Waals surface area contributed by atoms with Crippen molar-refractivity contribution in [1.82, 2.24) is 5.32 Å². The third-order valence-corrected chi connectivity index (χ3v) is 1.21. The van der Waals surface area contributed by atoms with Crippen LogP contribution in [0, 0.1) is 11.8 Å². The molecule has 1 N–H and O–H groups in total. The summed E-state index contributed by atoms with van der Waals surface area (Å²) in [4.78, 5) is 0. The third kappa shape index (κ3) is 3.63. The van der Waals surface area contributed by atoms with Crippen LogP contribution in [0.2, 0.25) is 0 Å². The Morgan fingerprint density at radius 1 is 1.00 bits per heavy atom. The fourth-order valence-corrected chi connectivity index (χ4v) is 0.802. The molecule has 0 aromatic carbocycles. The smallest absolute Gasteiger partial charge is 0.0462 e. The third-order valence-electron chi connectivity index (χ3n) is 1.21. The van der Waals surface area contributed by atoms with Crippen LogP contribution in [0.3, 0.4) is 0 Å². The van der Waals surface area contributed by atoms with Crippen LogP contribution >= 0.6 is 0 Å². The van der Waals surface area contributed by atoms with Crippen LogP contribution in [0.25, 0.3) is 0 Å². The van der Waals surface area contributed by atoms with Gasteiger partial charge in [-0.2, -0.15) is 0 Å². The van der Waals surface area contributed by atoms with Gasteiger partial charge in [0.2, 0.25) is 0 Å². The molecule has 1 heterocycles. The van der Waals surface area contributed by atoms with E-state index in [1.807, 2.05) is 0 Å². The zero-order valence-electron chi connectivity index (χ0n) is 5.06. The van der Waals surface area contributed by atoms with Crippen molar-refractivity contribution in [3.05, 3.63) is 0 Å². The number of rotatable bonds is 0. The van der Waals surface area contributed by atoms with E-state index in [-0.39, 0.29) is 0 Å². The van der Waals surface area contributed by atoms with Gasteiger partial charge in [-0.3, -0.25) is 0 Å². The number of hydrogen-bond donors (Lipinski definition) is 1. The van der Waals surface area contributed by atoms with Gasteiger partial charge in [-0.25, -0.2) is 5.26 Å². The van der Waals surface area contributed by atoms with Gasteiger partial charge >= 0.3 is 0 Å². The van der Waals surface area contributed by atoms with E-state index in [4.69, 9.17) is 5.26 Å². The van der Waals surface area contributed by atoms with Gasteiger partial charge in [-0.05, 0) is 25.9 Å². The summed E-state index contributed by atoms with van der Waals surface area (Å²) in [5, 5.41) is 9.78. The molecule has 0 saturated carbocycles.